The first kappa shape index (κ1) is 22.1. The van der Waals surface area contributed by atoms with Crippen LogP contribution in [-0.4, -0.2) is 57.9 Å². The van der Waals surface area contributed by atoms with E-state index in [4.69, 9.17) is 0 Å². The van der Waals surface area contributed by atoms with E-state index in [9.17, 15) is 22.8 Å². The van der Waals surface area contributed by atoms with Gasteiger partial charge in [-0.05, 0) is 55.3 Å². The number of fused-ring (bicyclic) bond motifs is 1. The number of benzene rings is 1. The van der Waals surface area contributed by atoms with E-state index in [1.165, 1.54) is 17.0 Å². The van der Waals surface area contributed by atoms with Crippen molar-refractivity contribution in [2.45, 2.75) is 24.6 Å². The Bertz CT molecular complexity index is 1220. The summed E-state index contributed by atoms with van der Waals surface area (Å²) >= 11 is 0. The van der Waals surface area contributed by atoms with Crippen molar-refractivity contribution < 1.29 is 22.8 Å². The Hall–Kier alpha value is -3.76. The number of amides is 3. The average molecular weight is 472 g/mol. The van der Waals surface area contributed by atoms with Gasteiger partial charge in [0, 0.05) is 43.2 Å². The lowest BCUT2D eigenvalue weighted by molar-refractivity contribution is -0.137. The molecule has 178 valence electrons. The molecular weight excluding hydrogens is 449 g/mol. The van der Waals surface area contributed by atoms with E-state index in [2.05, 4.69) is 20.5 Å². The van der Waals surface area contributed by atoms with E-state index in [1.807, 2.05) is 28.8 Å². The minimum absolute atomic E-state index is 0.178. The first-order chi connectivity index (χ1) is 16.2. The third kappa shape index (κ3) is 4.25. The van der Waals surface area contributed by atoms with Gasteiger partial charge in [-0.2, -0.15) is 13.2 Å². The van der Waals surface area contributed by atoms with Crippen molar-refractivity contribution in [2.75, 3.05) is 36.4 Å². The van der Waals surface area contributed by atoms with E-state index in [0.717, 1.165) is 23.6 Å². The fourth-order valence-corrected chi connectivity index (χ4v) is 4.63. The quantitative estimate of drug-likeness (QED) is 0.610. The lowest BCUT2D eigenvalue weighted by atomic mass is 9.88. The molecule has 2 fully saturated rings. The van der Waals surface area contributed by atoms with Crippen molar-refractivity contribution >= 4 is 29.1 Å². The molecule has 11 heteroatoms. The SMILES string of the molecule is O=C(CN1CC2(CCN(c3nccc4cccn34)CC2)NC1=O)Nc1ccc(C(F)(F)F)cc1. The Kier molecular flexibility index (Phi) is 5.34. The number of carbonyl (C=O) groups excluding carboxylic acids is 2. The Balaban J connectivity index is 1.18. The Morgan fingerprint density at radius 3 is 2.56 bits per heavy atom. The van der Waals surface area contributed by atoms with Gasteiger partial charge in [-0.1, -0.05) is 0 Å². The van der Waals surface area contributed by atoms with E-state index < -0.39 is 23.2 Å². The van der Waals surface area contributed by atoms with Crippen LogP contribution in [0.4, 0.5) is 29.6 Å². The third-order valence-corrected chi connectivity index (χ3v) is 6.42. The number of hydrogen-bond acceptors (Lipinski definition) is 4. The van der Waals surface area contributed by atoms with Crippen molar-refractivity contribution in [1.82, 2.24) is 19.6 Å². The van der Waals surface area contributed by atoms with E-state index in [0.29, 0.717) is 32.5 Å². The maximum atomic E-state index is 12.7. The second-order valence-electron chi connectivity index (χ2n) is 8.72. The summed E-state index contributed by atoms with van der Waals surface area (Å²) in [5, 5.41) is 5.60. The fourth-order valence-electron chi connectivity index (χ4n) is 4.63. The van der Waals surface area contributed by atoms with E-state index >= 15 is 0 Å². The number of nitrogens with one attached hydrogen (secondary N) is 2. The van der Waals surface area contributed by atoms with Gasteiger partial charge in [-0.3, -0.25) is 9.20 Å². The van der Waals surface area contributed by atoms with Crippen molar-refractivity contribution in [3.8, 4) is 0 Å². The summed E-state index contributed by atoms with van der Waals surface area (Å²) in [6.07, 6.45) is 0.717. The normalized spacial score (nSPS) is 17.9. The molecule has 0 bridgehead atoms. The largest absolute Gasteiger partial charge is 0.416 e. The topological polar surface area (TPSA) is 82.0 Å². The second kappa shape index (κ2) is 8.23. The number of aromatic nitrogens is 2. The highest BCUT2D eigenvalue weighted by molar-refractivity contribution is 5.94. The minimum atomic E-state index is -4.44. The van der Waals surface area contributed by atoms with Gasteiger partial charge in [0.1, 0.15) is 6.54 Å². The van der Waals surface area contributed by atoms with E-state index in [-0.39, 0.29) is 18.3 Å². The summed E-state index contributed by atoms with van der Waals surface area (Å²) in [6, 6.07) is 9.82. The lowest BCUT2D eigenvalue weighted by Gasteiger charge is -2.39. The molecule has 2 aromatic heterocycles. The van der Waals surface area contributed by atoms with Crippen molar-refractivity contribution in [1.29, 1.82) is 0 Å². The zero-order valence-corrected chi connectivity index (χ0v) is 18.2. The molecule has 8 nitrogen and oxygen atoms in total. The van der Waals surface area contributed by atoms with Crippen LogP contribution in [-0.2, 0) is 11.0 Å². The Morgan fingerprint density at radius 1 is 1.12 bits per heavy atom. The zero-order chi connectivity index (χ0) is 23.9. The molecule has 5 rings (SSSR count). The summed E-state index contributed by atoms with van der Waals surface area (Å²) in [7, 11) is 0. The first-order valence-corrected chi connectivity index (χ1v) is 10.9. The molecular formula is C23H23F3N6O2. The van der Waals surface area contributed by atoms with Crippen LogP contribution < -0.4 is 15.5 Å². The fraction of sp³-hybridized carbons (Fsp3) is 0.348. The van der Waals surface area contributed by atoms with Crippen molar-refractivity contribution in [3.63, 3.8) is 0 Å². The number of piperidine rings is 1. The van der Waals surface area contributed by atoms with Gasteiger partial charge in [0.05, 0.1) is 11.1 Å². The third-order valence-electron chi connectivity index (χ3n) is 6.42. The molecule has 0 atom stereocenters. The number of urea groups is 1. The van der Waals surface area contributed by atoms with Crippen molar-refractivity contribution in [3.05, 3.63) is 60.4 Å². The van der Waals surface area contributed by atoms with Gasteiger partial charge >= 0.3 is 12.2 Å². The number of halogens is 3. The van der Waals surface area contributed by atoms with Gasteiger partial charge in [0.25, 0.3) is 0 Å². The molecule has 2 aliphatic rings. The molecule has 4 heterocycles. The average Bonchev–Trinajstić information content (AvgIpc) is 3.39. The number of nitrogens with zero attached hydrogens (tertiary/aromatic N) is 4. The molecule has 0 radical (unpaired) electrons. The molecule has 0 unspecified atom stereocenters. The Labute approximate surface area is 193 Å². The molecule has 0 aliphatic carbocycles. The molecule has 3 amide bonds. The van der Waals surface area contributed by atoms with Gasteiger partial charge in [0.2, 0.25) is 11.9 Å². The summed E-state index contributed by atoms with van der Waals surface area (Å²) in [5.74, 6) is 0.391. The highest BCUT2D eigenvalue weighted by Crippen LogP contribution is 2.31. The molecule has 3 aromatic rings. The van der Waals surface area contributed by atoms with Gasteiger partial charge in [-0.25, -0.2) is 9.78 Å². The van der Waals surface area contributed by atoms with Gasteiger partial charge in [0.15, 0.2) is 0 Å². The first-order valence-electron chi connectivity index (χ1n) is 10.9. The van der Waals surface area contributed by atoms with Gasteiger partial charge < -0.3 is 20.4 Å². The summed E-state index contributed by atoms with van der Waals surface area (Å²) < 4.78 is 40.1. The lowest BCUT2D eigenvalue weighted by Crippen LogP contribution is -2.53. The molecule has 2 aliphatic heterocycles. The van der Waals surface area contributed by atoms with Crippen LogP contribution in [0.1, 0.15) is 18.4 Å². The Morgan fingerprint density at radius 2 is 1.85 bits per heavy atom. The number of rotatable bonds is 4. The summed E-state index contributed by atoms with van der Waals surface area (Å²) in [4.78, 5) is 33.1. The van der Waals surface area contributed by atoms with Crippen LogP contribution in [0.15, 0.2) is 54.9 Å². The van der Waals surface area contributed by atoms with Crippen LogP contribution in [0.3, 0.4) is 0 Å². The highest BCUT2D eigenvalue weighted by Gasteiger charge is 2.45. The highest BCUT2D eigenvalue weighted by atomic mass is 19.4. The number of carbonyl (C=O) groups is 2. The predicted octanol–water partition coefficient (Wildman–Crippen LogP) is 3.36. The maximum absolute atomic E-state index is 12.7. The van der Waals surface area contributed by atoms with E-state index in [1.54, 1.807) is 6.20 Å². The number of hydrogen-bond donors (Lipinski definition) is 2. The molecule has 0 saturated carbocycles. The van der Waals surface area contributed by atoms with Gasteiger partial charge in [-0.15, -0.1) is 0 Å². The molecule has 1 aromatic carbocycles. The minimum Gasteiger partial charge on any atom is -0.342 e. The standard InChI is InChI=1S/C23H23F3N6O2/c24-23(25,26)16-3-5-17(6-4-16)28-19(33)14-31-15-22(29-21(31)34)8-12-30(13-9-22)20-27-10-7-18-2-1-11-32(18)20/h1-7,10-11H,8-9,12-15H2,(H,28,33)(H,29,34). The monoisotopic (exact) mass is 472 g/mol. The molecule has 2 N–H and O–H groups in total. The summed E-state index contributed by atoms with van der Waals surface area (Å²) in [5.41, 5.74) is 0.0882. The molecule has 34 heavy (non-hydrogen) atoms. The molecule has 1 spiro atoms. The van der Waals surface area contributed by atoms with Crippen molar-refractivity contribution in [2.24, 2.45) is 0 Å². The molecule has 2 saturated heterocycles. The zero-order valence-electron chi connectivity index (χ0n) is 18.2. The van der Waals surface area contributed by atoms with Crippen LogP contribution in [0, 0.1) is 0 Å². The van der Waals surface area contributed by atoms with Crippen LogP contribution >= 0.6 is 0 Å². The second-order valence-corrected chi connectivity index (χ2v) is 8.72. The van der Waals surface area contributed by atoms with Crippen LogP contribution in [0.5, 0.6) is 0 Å². The number of anilines is 2. The van der Waals surface area contributed by atoms with Crippen LogP contribution in [0.25, 0.3) is 5.52 Å². The maximum Gasteiger partial charge on any atom is 0.416 e. The smallest absolute Gasteiger partial charge is 0.342 e. The van der Waals surface area contributed by atoms with Crippen LogP contribution in [0.2, 0.25) is 0 Å². The number of alkyl halides is 3. The summed E-state index contributed by atoms with van der Waals surface area (Å²) in [6.45, 7) is 1.62. The predicted molar refractivity (Wildman–Crippen MR) is 120 cm³/mol.